The number of nitrogens with zero attached hydrogens (tertiary/aromatic N) is 1. The molecular weight excluding hydrogens is 310 g/mol. The fourth-order valence-electron chi connectivity index (χ4n) is 4.09. The van der Waals surface area contributed by atoms with Crippen molar-refractivity contribution in [2.75, 3.05) is 7.11 Å². The summed E-state index contributed by atoms with van der Waals surface area (Å²) in [6.07, 6.45) is 6.36. The Morgan fingerprint density at radius 1 is 1.39 bits per heavy atom. The normalized spacial score (nSPS) is 33.0. The van der Waals surface area contributed by atoms with Gasteiger partial charge in [0.05, 0.1) is 22.6 Å². The largest absolute Gasteiger partial charge is 0.380 e. The predicted octanol–water partition coefficient (Wildman–Crippen LogP) is 3.27. The first-order chi connectivity index (χ1) is 11.0. The van der Waals surface area contributed by atoms with E-state index in [0.717, 1.165) is 37.7 Å². The van der Waals surface area contributed by atoms with Crippen molar-refractivity contribution in [1.29, 1.82) is 0 Å². The molecule has 0 bridgehead atoms. The molecule has 2 aliphatic rings. The molecule has 3 rings (SSSR count). The molecule has 0 radical (unpaired) electrons. The van der Waals surface area contributed by atoms with Crippen LogP contribution in [-0.2, 0) is 14.8 Å². The summed E-state index contributed by atoms with van der Waals surface area (Å²) in [4.78, 5) is 0.380. The summed E-state index contributed by atoms with van der Waals surface area (Å²) < 4.78 is 33.6. The van der Waals surface area contributed by atoms with Crippen molar-refractivity contribution < 1.29 is 13.2 Å². The van der Waals surface area contributed by atoms with E-state index in [1.54, 1.807) is 23.5 Å². The molecule has 126 valence electrons. The number of aryl methyl sites for hydroxylation is 1. The summed E-state index contributed by atoms with van der Waals surface area (Å²) in [5, 5.41) is 0. The number of methoxy groups -OCH3 is 1. The maximum atomic E-state index is 13.1. The van der Waals surface area contributed by atoms with Gasteiger partial charge in [0.1, 0.15) is 0 Å². The molecular formula is C18H25NO3S. The monoisotopic (exact) mass is 335 g/mol. The Kier molecular flexibility index (Phi) is 4.38. The molecule has 1 aliphatic carbocycles. The van der Waals surface area contributed by atoms with Crippen LogP contribution in [0.15, 0.2) is 41.8 Å². The van der Waals surface area contributed by atoms with Gasteiger partial charge in [0.25, 0.3) is 0 Å². The molecule has 1 aromatic carbocycles. The third kappa shape index (κ3) is 2.65. The molecule has 0 spiro atoms. The number of ether oxygens (including phenoxy) is 1. The van der Waals surface area contributed by atoms with Gasteiger partial charge in [-0.2, -0.15) is 4.31 Å². The third-order valence-electron chi connectivity index (χ3n) is 5.29. The zero-order valence-electron chi connectivity index (χ0n) is 13.9. The second-order valence-electron chi connectivity index (χ2n) is 6.66. The van der Waals surface area contributed by atoms with E-state index in [1.807, 2.05) is 25.1 Å². The van der Waals surface area contributed by atoms with Gasteiger partial charge in [-0.05, 0) is 51.2 Å². The Morgan fingerprint density at radius 2 is 2.09 bits per heavy atom. The quantitative estimate of drug-likeness (QED) is 0.592. The van der Waals surface area contributed by atoms with Crippen molar-refractivity contribution in [3.8, 4) is 0 Å². The Bertz CT molecular complexity index is 683. The van der Waals surface area contributed by atoms with Gasteiger partial charge in [0.2, 0.25) is 10.0 Å². The highest BCUT2D eigenvalue weighted by atomic mass is 32.2. The fourth-order valence-corrected chi connectivity index (χ4v) is 6.15. The van der Waals surface area contributed by atoms with E-state index in [2.05, 4.69) is 6.58 Å². The number of sulfonamides is 1. The van der Waals surface area contributed by atoms with Crippen LogP contribution in [0.5, 0.6) is 0 Å². The van der Waals surface area contributed by atoms with Crippen LogP contribution in [0.25, 0.3) is 0 Å². The zero-order chi connectivity index (χ0) is 16.7. The molecule has 1 unspecified atom stereocenters. The highest BCUT2D eigenvalue weighted by Gasteiger charge is 2.71. The van der Waals surface area contributed by atoms with Crippen LogP contribution < -0.4 is 0 Å². The lowest BCUT2D eigenvalue weighted by atomic mass is 9.84. The zero-order valence-corrected chi connectivity index (χ0v) is 14.7. The highest BCUT2D eigenvalue weighted by Crippen LogP contribution is 2.57. The standard InChI is InChI=1S/C18H25NO3S/c1-4-5-12-18-13-6-7-16(22-3)17(18)19(18)23(20,21)15-10-8-14(2)9-11-15/h4,8-11,16-17H,1,5-7,12-13H2,2-3H3/t16-,17-,18+,19?/m1/s1. The Labute approximate surface area is 139 Å². The first-order valence-electron chi connectivity index (χ1n) is 8.22. The Morgan fingerprint density at radius 3 is 2.70 bits per heavy atom. The number of rotatable bonds is 6. The number of hydrogen-bond donors (Lipinski definition) is 0. The molecule has 1 heterocycles. The third-order valence-corrected chi connectivity index (χ3v) is 7.26. The van der Waals surface area contributed by atoms with Crippen LogP contribution in [0.4, 0.5) is 0 Å². The van der Waals surface area contributed by atoms with E-state index in [-0.39, 0.29) is 17.7 Å². The van der Waals surface area contributed by atoms with Crippen LogP contribution in [0.2, 0.25) is 0 Å². The van der Waals surface area contributed by atoms with E-state index in [1.165, 1.54) is 0 Å². The van der Waals surface area contributed by atoms with Crippen LogP contribution >= 0.6 is 0 Å². The first-order valence-corrected chi connectivity index (χ1v) is 9.66. The van der Waals surface area contributed by atoms with Crippen LogP contribution in [0.1, 0.15) is 37.7 Å². The van der Waals surface area contributed by atoms with Crippen molar-refractivity contribution in [2.45, 2.75) is 61.6 Å². The maximum Gasteiger partial charge on any atom is 0.244 e. The van der Waals surface area contributed by atoms with Crippen molar-refractivity contribution >= 4 is 10.0 Å². The number of benzene rings is 1. The summed E-state index contributed by atoms with van der Waals surface area (Å²) in [6.45, 7) is 5.75. The molecule has 0 aromatic heterocycles. The minimum absolute atomic E-state index is 0.00575. The van der Waals surface area contributed by atoms with Crippen molar-refractivity contribution in [2.24, 2.45) is 0 Å². The number of allylic oxidation sites excluding steroid dienone is 1. The maximum absolute atomic E-state index is 13.1. The molecule has 2 fully saturated rings. The van der Waals surface area contributed by atoms with Gasteiger partial charge < -0.3 is 4.74 Å². The lowest BCUT2D eigenvalue weighted by Gasteiger charge is -2.24. The van der Waals surface area contributed by atoms with E-state index in [9.17, 15) is 8.42 Å². The van der Waals surface area contributed by atoms with Crippen LogP contribution in [-0.4, -0.2) is 37.5 Å². The van der Waals surface area contributed by atoms with Crippen LogP contribution in [0, 0.1) is 6.92 Å². The summed E-state index contributed by atoms with van der Waals surface area (Å²) in [6, 6.07) is 7.08. The van der Waals surface area contributed by atoms with Crippen molar-refractivity contribution in [1.82, 2.24) is 4.31 Å². The summed E-state index contributed by atoms with van der Waals surface area (Å²) >= 11 is 0. The van der Waals surface area contributed by atoms with E-state index in [0.29, 0.717) is 4.90 Å². The predicted molar refractivity (Wildman–Crippen MR) is 90.8 cm³/mol. The molecule has 0 amide bonds. The molecule has 4 atom stereocenters. The molecule has 1 saturated carbocycles. The average molecular weight is 335 g/mol. The smallest absolute Gasteiger partial charge is 0.244 e. The SMILES string of the molecule is C=CCC[C@]12CCC[C@@H](OC)[C@H]1N2S(=O)(=O)c1ccc(C)cc1. The minimum Gasteiger partial charge on any atom is -0.380 e. The topological polar surface area (TPSA) is 46.4 Å². The first kappa shape index (κ1) is 16.7. The fraction of sp³-hybridized carbons (Fsp3) is 0.556. The average Bonchev–Trinajstić information content (AvgIpc) is 3.23. The van der Waals surface area contributed by atoms with Gasteiger partial charge in [-0.1, -0.05) is 23.8 Å². The lowest BCUT2D eigenvalue weighted by Crippen LogP contribution is -2.31. The van der Waals surface area contributed by atoms with E-state index >= 15 is 0 Å². The minimum atomic E-state index is -3.48. The van der Waals surface area contributed by atoms with E-state index in [4.69, 9.17) is 4.74 Å². The summed E-state index contributed by atoms with van der Waals surface area (Å²) in [5.74, 6) is 0. The molecule has 5 heteroatoms. The second-order valence-corrected chi connectivity index (χ2v) is 8.47. The van der Waals surface area contributed by atoms with Crippen molar-refractivity contribution in [3.05, 3.63) is 42.5 Å². The molecule has 4 nitrogen and oxygen atoms in total. The van der Waals surface area contributed by atoms with Gasteiger partial charge in [-0.25, -0.2) is 8.42 Å². The van der Waals surface area contributed by atoms with E-state index < -0.39 is 10.0 Å². The van der Waals surface area contributed by atoms with Gasteiger partial charge in [-0.3, -0.25) is 0 Å². The molecule has 1 aliphatic heterocycles. The number of hydrogen-bond acceptors (Lipinski definition) is 3. The highest BCUT2D eigenvalue weighted by molar-refractivity contribution is 7.89. The summed E-state index contributed by atoms with van der Waals surface area (Å²) in [7, 11) is -1.79. The van der Waals surface area contributed by atoms with Crippen molar-refractivity contribution in [3.63, 3.8) is 0 Å². The molecule has 0 N–H and O–H groups in total. The van der Waals surface area contributed by atoms with Gasteiger partial charge in [-0.15, -0.1) is 6.58 Å². The summed E-state index contributed by atoms with van der Waals surface area (Å²) in [5.41, 5.74) is 0.778. The molecule has 1 aromatic rings. The Hall–Kier alpha value is -1.17. The van der Waals surface area contributed by atoms with Gasteiger partial charge in [0, 0.05) is 7.11 Å². The van der Waals surface area contributed by atoms with Gasteiger partial charge in [0.15, 0.2) is 0 Å². The second kappa shape index (κ2) is 6.04. The molecule has 1 saturated heterocycles. The van der Waals surface area contributed by atoms with Crippen LogP contribution in [0.3, 0.4) is 0 Å². The van der Waals surface area contributed by atoms with Gasteiger partial charge >= 0.3 is 0 Å². The lowest BCUT2D eigenvalue weighted by molar-refractivity contribution is 0.0725. The molecule has 23 heavy (non-hydrogen) atoms. The Balaban J connectivity index is 1.96. The number of fused-ring (bicyclic) bond motifs is 1.